The molecule has 0 radical (unpaired) electrons. The average Bonchev–Trinajstić information content (AvgIpc) is 3.18. The molecule has 1 heterocycles. The molecular weight excluding hydrogens is 714 g/mol. The largest absolute Gasteiger partial charge is 0.481 e. The number of aliphatic hydroxyl groups excluding tert-OH is 3. The van der Waals surface area contributed by atoms with E-state index in [4.69, 9.17) is 9.84 Å². The van der Waals surface area contributed by atoms with Crippen LogP contribution >= 0.6 is 0 Å². The van der Waals surface area contributed by atoms with Crippen LogP contribution in [0.15, 0.2) is 0 Å². The molecular formula is C44H83N3O9. The van der Waals surface area contributed by atoms with E-state index in [0.717, 1.165) is 38.5 Å². The number of carboxylic acids is 1. The molecule has 0 aromatic rings. The standard InChI is InChI=1S/C44H83N3O9/c1-3-5-7-9-11-13-15-17-18-19-20-22-24-26-28-30-39(51)47(33-29-27-25-23-21-16-14-12-10-8-6-4-2)44-41(43(55)42(54)36(35-48)56-44)46-38(50)34-45-37(49)31-32-40(52)53/h36,41-44,48,54-55H,3-35H2,1-2H3,(H,45,49)(H,46,50)(H,52,53)/t36-,41+,42-,43-,44-/m1/s1. The van der Waals surface area contributed by atoms with E-state index in [0.29, 0.717) is 19.4 Å². The lowest BCUT2D eigenvalue weighted by Crippen LogP contribution is -2.69. The Hall–Kier alpha value is -2.28. The van der Waals surface area contributed by atoms with E-state index < -0.39 is 61.5 Å². The number of ether oxygens (including phenoxy) is 1. The van der Waals surface area contributed by atoms with Gasteiger partial charge in [0.05, 0.1) is 19.6 Å². The maximum atomic E-state index is 13.9. The maximum Gasteiger partial charge on any atom is 0.303 e. The van der Waals surface area contributed by atoms with E-state index in [1.165, 1.54) is 122 Å². The van der Waals surface area contributed by atoms with Crippen LogP contribution in [0.5, 0.6) is 0 Å². The first kappa shape index (κ1) is 51.7. The molecule has 12 heteroatoms. The molecule has 0 aromatic carbocycles. The number of carboxylic acid groups (broad SMARTS) is 1. The Labute approximate surface area is 339 Å². The molecule has 0 aliphatic carbocycles. The molecule has 1 saturated heterocycles. The first-order chi connectivity index (χ1) is 27.2. The normalized spacial score (nSPS) is 19.5. The summed E-state index contributed by atoms with van der Waals surface area (Å²) in [5.74, 6) is -2.62. The van der Waals surface area contributed by atoms with Crippen LogP contribution in [0.3, 0.4) is 0 Å². The molecule has 5 atom stereocenters. The van der Waals surface area contributed by atoms with Gasteiger partial charge in [-0.25, -0.2) is 0 Å². The SMILES string of the molecule is CCCCCCCCCCCCCCCCCC(=O)N(CCCCCCCCCCCCCC)[C@@H]1O[C@H](CO)[C@@H](O)[C@H](O)[C@@H]1NC(=O)CNC(=O)CCC(=O)O. The number of hydrogen-bond donors (Lipinski definition) is 6. The summed E-state index contributed by atoms with van der Waals surface area (Å²) in [6.07, 6.45) is 26.4. The van der Waals surface area contributed by atoms with Crippen molar-refractivity contribution in [2.24, 2.45) is 0 Å². The second kappa shape index (κ2) is 34.7. The van der Waals surface area contributed by atoms with Gasteiger partial charge in [0, 0.05) is 19.4 Å². The summed E-state index contributed by atoms with van der Waals surface area (Å²) in [7, 11) is 0. The number of hydrogen-bond acceptors (Lipinski definition) is 8. The summed E-state index contributed by atoms with van der Waals surface area (Å²) in [6.45, 7) is 3.74. The molecule has 0 unspecified atom stereocenters. The van der Waals surface area contributed by atoms with E-state index in [-0.39, 0.29) is 25.2 Å². The summed E-state index contributed by atoms with van der Waals surface area (Å²) in [6, 6.07) is -1.22. The Balaban J connectivity index is 2.74. The Morgan fingerprint density at radius 2 is 0.982 bits per heavy atom. The zero-order chi connectivity index (χ0) is 41.2. The molecule has 56 heavy (non-hydrogen) atoms. The van der Waals surface area contributed by atoms with Crippen molar-refractivity contribution in [1.29, 1.82) is 0 Å². The fourth-order valence-corrected chi connectivity index (χ4v) is 7.55. The van der Waals surface area contributed by atoms with Crippen LogP contribution in [0, 0.1) is 0 Å². The number of rotatable bonds is 37. The van der Waals surface area contributed by atoms with E-state index in [1.807, 2.05) is 0 Å². The van der Waals surface area contributed by atoms with Crippen molar-refractivity contribution < 1.29 is 44.3 Å². The van der Waals surface area contributed by atoms with E-state index in [9.17, 15) is 34.5 Å². The lowest BCUT2D eigenvalue weighted by Gasteiger charge is -2.47. The van der Waals surface area contributed by atoms with Crippen molar-refractivity contribution in [2.75, 3.05) is 19.7 Å². The maximum absolute atomic E-state index is 13.9. The molecule has 3 amide bonds. The van der Waals surface area contributed by atoms with Crippen LogP contribution in [0.2, 0.25) is 0 Å². The number of carbonyl (C=O) groups is 4. The van der Waals surface area contributed by atoms with Gasteiger partial charge in [-0.05, 0) is 12.8 Å². The van der Waals surface area contributed by atoms with E-state index in [1.54, 1.807) is 4.90 Å². The van der Waals surface area contributed by atoms with Crippen LogP contribution in [-0.4, -0.2) is 99.3 Å². The average molecular weight is 798 g/mol. The van der Waals surface area contributed by atoms with Gasteiger partial charge in [0.15, 0.2) is 6.23 Å². The highest BCUT2D eigenvalue weighted by Crippen LogP contribution is 2.26. The number of aliphatic carboxylic acids is 1. The van der Waals surface area contributed by atoms with E-state index >= 15 is 0 Å². The van der Waals surface area contributed by atoms with Crippen LogP contribution in [0.4, 0.5) is 0 Å². The predicted octanol–water partition coefficient (Wildman–Crippen LogP) is 7.68. The quantitative estimate of drug-likeness (QED) is 0.0343. The fourth-order valence-electron chi connectivity index (χ4n) is 7.55. The van der Waals surface area contributed by atoms with E-state index in [2.05, 4.69) is 24.5 Å². The zero-order valence-corrected chi connectivity index (χ0v) is 35.5. The Kier molecular flexibility index (Phi) is 32.1. The summed E-state index contributed by atoms with van der Waals surface area (Å²) in [4.78, 5) is 51.2. The summed E-state index contributed by atoms with van der Waals surface area (Å²) < 4.78 is 6.07. The minimum atomic E-state index is -1.55. The Morgan fingerprint density at radius 1 is 0.554 bits per heavy atom. The van der Waals surface area contributed by atoms with Crippen LogP contribution in [0.25, 0.3) is 0 Å². The number of nitrogens with zero attached hydrogens (tertiary/aromatic N) is 1. The molecule has 1 rings (SSSR count). The second-order valence-corrected chi connectivity index (χ2v) is 16.2. The van der Waals surface area contributed by atoms with Crippen LogP contribution < -0.4 is 10.6 Å². The smallest absolute Gasteiger partial charge is 0.303 e. The lowest BCUT2D eigenvalue weighted by molar-refractivity contribution is -0.231. The van der Waals surface area contributed by atoms with Gasteiger partial charge in [0.2, 0.25) is 17.7 Å². The number of aliphatic hydroxyl groups is 3. The van der Waals surface area contributed by atoms with Crippen molar-refractivity contribution in [3.05, 3.63) is 0 Å². The van der Waals surface area contributed by atoms with Crippen LogP contribution in [0.1, 0.15) is 206 Å². The molecule has 1 aliphatic heterocycles. The monoisotopic (exact) mass is 798 g/mol. The number of carbonyl (C=O) groups excluding carboxylic acids is 3. The first-order valence-electron chi connectivity index (χ1n) is 22.9. The Morgan fingerprint density at radius 3 is 1.41 bits per heavy atom. The minimum Gasteiger partial charge on any atom is -0.481 e. The number of amides is 3. The minimum absolute atomic E-state index is 0.172. The lowest BCUT2D eigenvalue weighted by atomic mass is 9.94. The molecule has 0 saturated carbocycles. The molecule has 0 spiro atoms. The van der Waals surface area contributed by atoms with Gasteiger partial charge in [-0.3, -0.25) is 19.2 Å². The first-order valence-corrected chi connectivity index (χ1v) is 22.9. The summed E-state index contributed by atoms with van der Waals surface area (Å²) >= 11 is 0. The third-order valence-corrected chi connectivity index (χ3v) is 11.1. The van der Waals surface area contributed by atoms with Crippen molar-refractivity contribution in [1.82, 2.24) is 15.5 Å². The van der Waals surface area contributed by atoms with Gasteiger partial charge in [-0.2, -0.15) is 0 Å². The molecule has 0 bridgehead atoms. The van der Waals surface area contributed by atoms with Crippen molar-refractivity contribution in [2.45, 2.75) is 237 Å². The molecule has 1 fully saturated rings. The van der Waals surface area contributed by atoms with Crippen molar-refractivity contribution in [3.63, 3.8) is 0 Å². The highest BCUT2D eigenvalue weighted by atomic mass is 16.5. The fraction of sp³-hybridized carbons (Fsp3) is 0.909. The van der Waals surface area contributed by atoms with Crippen molar-refractivity contribution >= 4 is 23.7 Å². The highest BCUT2D eigenvalue weighted by Gasteiger charge is 2.48. The molecule has 6 N–H and O–H groups in total. The third kappa shape index (κ3) is 25.2. The molecule has 328 valence electrons. The van der Waals surface area contributed by atoms with Gasteiger partial charge in [0.1, 0.15) is 24.4 Å². The molecule has 12 nitrogen and oxygen atoms in total. The topological polar surface area (TPSA) is 186 Å². The molecule has 0 aromatic heterocycles. The number of unbranched alkanes of at least 4 members (excludes halogenated alkanes) is 25. The summed E-state index contributed by atoms with van der Waals surface area (Å²) in [5.41, 5.74) is 0. The van der Waals surface area contributed by atoms with Gasteiger partial charge in [-0.15, -0.1) is 0 Å². The predicted molar refractivity (Wildman–Crippen MR) is 222 cm³/mol. The highest BCUT2D eigenvalue weighted by molar-refractivity contribution is 5.86. The number of nitrogens with one attached hydrogen (secondary N) is 2. The van der Waals surface area contributed by atoms with Gasteiger partial charge in [-0.1, -0.05) is 174 Å². The van der Waals surface area contributed by atoms with Crippen LogP contribution in [-0.2, 0) is 23.9 Å². The zero-order valence-electron chi connectivity index (χ0n) is 35.5. The Bertz CT molecular complexity index is 1020. The summed E-state index contributed by atoms with van der Waals surface area (Å²) in [5, 5.41) is 45.7. The second-order valence-electron chi connectivity index (χ2n) is 16.2. The third-order valence-electron chi connectivity index (χ3n) is 11.1. The van der Waals surface area contributed by atoms with Gasteiger partial charge in [0.25, 0.3) is 0 Å². The van der Waals surface area contributed by atoms with Gasteiger partial charge < -0.3 is 40.7 Å². The van der Waals surface area contributed by atoms with Crippen molar-refractivity contribution in [3.8, 4) is 0 Å². The molecule has 1 aliphatic rings. The van der Waals surface area contributed by atoms with Gasteiger partial charge >= 0.3 is 5.97 Å².